The summed E-state index contributed by atoms with van der Waals surface area (Å²) in [5, 5.41) is 4.02. The molecule has 1 N–H and O–H groups in total. The zero-order valence-electron chi connectivity index (χ0n) is 12.2. The number of methoxy groups -OCH3 is 1. The Morgan fingerprint density at radius 3 is 2.58 bits per heavy atom. The van der Waals surface area contributed by atoms with Crippen molar-refractivity contribution in [3.63, 3.8) is 0 Å². The zero-order chi connectivity index (χ0) is 14.3. The molecule has 1 rings (SSSR count). The molecule has 1 aromatic rings. The molecule has 0 aliphatic rings. The van der Waals surface area contributed by atoms with E-state index in [1.807, 2.05) is 25.1 Å². The quantitative estimate of drug-likeness (QED) is 0.791. The summed E-state index contributed by atoms with van der Waals surface area (Å²) in [6, 6.07) is 6.39. The highest BCUT2D eigenvalue weighted by Gasteiger charge is 2.08. The number of benzene rings is 1. The van der Waals surface area contributed by atoms with E-state index in [0.29, 0.717) is 17.7 Å². The average molecular weight is 286 g/mol. The Morgan fingerprint density at radius 1 is 1.26 bits per heavy atom. The van der Waals surface area contributed by atoms with Crippen LogP contribution < -0.4 is 10.1 Å². The summed E-state index contributed by atoms with van der Waals surface area (Å²) in [7, 11) is 1.69. The predicted molar refractivity (Wildman–Crippen MR) is 80.0 cm³/mol. The van der Waals surface area contributed by atoms with Crippen LogP contribution in [0.1, 0.15) is 32.8 Å². The van der Waals surface area contributed by atoms with Gasteiger partial charge in [-0.2, -0.15) is 0 Å². The number of rotatable bonds is 8. The van der Waals surface area contributed by atoms with E-state index in [9.17, 15) is 0 Å². The van der Waals surface area contributed by atoms with E-state index in [0.717, 1.165) is 24.3 Å². The minimum Gasteiger partial charge on any atom is -0.489 e. The molecule has 19 heavy (non-hydrogen) atoms. The number of hydrogen-bond donors (Lipinski definition) is 1. The van der Waals surface area contributed by atoms with E-state index < -0.39 is 0 Å². The van der Waals surface area contributed by atoms with Crippen LogP contribution in [-0.2, 0) is 11.3 Å². The number of ether oxygens (including phenoxy) is 2. The summed E-state index contributed by atoms with van der Waals surface area (Å²) in [6.07, 6.45) is 0.945. The molecule has 108 valence electrons. The third-order valence-electron chi connectivity index (χ3n) is 2.77. The molecule has 0 bridgehead atoms. The average Bonchev–Trinajstić information content (AvgIpc) is 2.36. The van der Waals surface area contributed by atoms with Gasteiger partial charge in [-0.25, -0.2) is 0 Å². The Balaban J connectivity index is 2.56. The van der Waals surface area contributed by atoms with Crippen molar-refractivity contribution in [1.29, 1.82) is 0 Å². The molecule has 0 aliphatic heterocycles. The SMILES string of the molecule is COCCC(C)Oc1ccc(CNC(C)C)cc1Cl. The smallest absolute Gasteiger partial charge is 0.138 e. The third kappa shape index (κ3) is 6.28. The molecule has 0 fully saturated rings. The van der Waals surface area contributed by atoms with Gasteiger partial charge in [-0.15, -0.1) is 0 Å². The van der Waals surface area contributed by atoms with Crippen LogP contribution in [0.3, 0.4) is 0 Å². The molecule has 0 saturated carbocycles. The van der Waals surface area contributed by atoms with Crippen molar-refractivity contribution in [3.05, 3.63) is 28.8 Å². The van der Waals surface area contributed by atoms with Crippen molar-refractivity contribution >= 4 is 11.6 Å². The normalized spacial score (nSPS) is 12.7. The maximum Gasteiger partial charge on any atom is 0.138 e. The zero-order valence-corrected chi connectivity index (χ0v) is 13.0. The molecule has 0 radical (unpaired) electrons. The fourth-order valence-electron chi connectivity index (χ4n) is 1.63. The van der Waals surface area contributed by atoms with Crippen molar-refractivity contribution in [3.8, 4) is 5.75 Å². The van der Waals surface area contributed by atoms with Gasteiger partial charge in [0.05, 0.1) is 11.1 Å². The summed E-state index contributed by atoms with van der Waals surface area (Å²) >= 11 is 6.24. The van der Waals surface area contributed by atoms with Crippen molar-refractivity contribution in [2.75, 3.05) is 13.7 Å². The monoisotopic (exact) mass is 285 g/mol. The lowest BCUT2D eigenvalue weighted by atomic mass is 10.2. The van der Waals surface area contributed by atoms with Crippen molar-refractivity contribution in [1.82, 2.24) is 5.32 Å². The summed E-state index contributed by atoms with van der Waals surface area (Å²) in [5.74, 6) is 0.735. The molecule has 1 atom stereocenters. The first kappa shape index (κ1) is 16.3. The van der Waals surface area contributed by atoms with Gasteiger partial charge in [0.1, 0.15) is 5.75 Å². The highest BCUT2D eigenvalue weighted by Crippen LogP contribution is 2.26. The van der Waals surface area contributed by atoms with Gasteiger partial charge in [-0.05, 0) is 24.6 Å². The van der Waals surface area contributed by atoms with Crippen LogP contribution in [0.5, 0.6) is 5.75 Å². The Kier molecular flexibility index (Phi) is 7.21. The van der Waals surface area contributed by atoms with Gasteiger partial charge < -0.3 is 14.8 Å². The maximum absolute atomic E-state index is 6.24. The molecule has 1 unspecified atom stereocenters. The molecule has 3 nitrogen and oxygen atoms in total. The molecule has 0 amide bonds. The van der Waals surface area contributed by atoms with Gasteiger partial charge in [-0.1, -0.05) is 31.5 Å². The van der Waals surface area contributed by atoms with E-state index in [2.05, 4.69) is 19.2 Å². The molecular weight excluding hydrogens is 262 g/mol. The highest BCUT2D eigenvalue weighted by atomic mass is 35.5. The van der Waals surface area contributed by atoms with Crippen LogP contribution in [0.4, 0.5) is 0 Å². The van der Waals surface area contributed by atoms with Crippen molar-refractivity contribution in [2.45, 2.75) is 45.9 Å². The Bertz CT molecular complexity index is 382. The second kappa shape index (κ2) is 8.41. The van der Waals surface area contributed by atoms with Crippen LogP contribution in [0, 0.1) is 0 Å². The van der Waals surface area contributed by atoms with E-state index in [-0.39, 0.29) is 6.10 Å². The molecule has 0 saturated heterocycles. The van der Waals surface area contributed by atoms with E-state index in [1.165, 1.54) is 0 Å². The first-order valence-electron chi connectivity index (χ1n) is 6.70. The van der Waals surface area contributed by atoms with Gasteiger partial charge >= 0.3 is 0 Å². The fraction of sp³-hybridized carbons (Fsp3) is 0.600. The maximum atomic E-state index is 6.24. The first-order valence-corrected chi connectivity index (χ1v) is 7.08. The van der Waals surface area contributed by atoms with Gasteiger partial charge in [0.25, 0.3) is 0 Å². The molecule has 0 heterocycles. The molecule has 0 aliphatic carbocycles. The molecule has 4 heteroatoms. The lowest BCUT2D eigenvalue weighted by Crippen LogP contribution is -2.21. The van der Waals surface area contributed by atoms with Crippen LogP contribution in [0.15, 0.2) is 18.2 Å². The fourth-order valence-corrected chi connectivity index (χ4v) is 1.88. The van der Waals surface area contributed by atoms with Crippen LogP contribution in [-0.4, -0.2) is 25.9 Å². The largest absolute Gasteiger partial charge is 0.489 e. The molecule has 0 aromatic heterocycles. The second-order valence-corrected chi connectivity index (χ2v) is 5.42. The number of halogens is 1. The summed E-state index contributed by atoms with van der Waals surface area (Å²) < 4.78 is 10.8. The predicted octanol–water partition coefficient (Wildman–Crippen LogP) is 3.64. The molecular formula is C15H24ClNO2. The topological polar surface area (TPSA) is 30.5 Å². The first-order chi connectivity index (χ1) is 9.02. The Labute approximate surface area is 121 Å². The van der Waals surface area contributed by atoms with Crippen molar-refractivity contribution < 1.29 is 9.47 Å². The van der Waals surface area contributed by atoms with E-state index >= 15 is 0 Å². The van der Waals surface area contributed by atoms with Gasteiger partial charge in [0, 0.05) is 32.7 Å². The Morgan fingerprint density at radius 2 is 2.00 bits per heavy atom. The Hall–Kier alpha value is -0.770. The number of hydrogen-bond acceptors (Lipinski definition) is 3. The van der Waals surface area contributed by atoms with Gasteiger partial charge in [0.15, 0.2) is 0 Å². The molecule has 1 aromatic carbocycles. The minimum absolute atomic E-state index is 0.0945. The lowest BCUT2D eigenvalue weighted by Gasteiger charge is -2.16. The summed E-state index contributed by atoms with van der Waals surface area (Å²) in [5.41, 5.74) is 1.16. The number of nitrogens with one attached hydrogen (secondary N) is 1. The van der Waals surface area contributed by atoms with E-state index in [1.54, 1.807) is 7.11 Å². The summed E-state index contributed by atoms with van der Waals surface area (Å²) in [6.45, 7) is 7.77. The summed E-state index contributed by atoms with van der Waals surface area (Å²) in [4.78, 5) is 0. The van der Waals surface area contributed by atoms with Crippen LogP contribution >= 0.6 is 11.6 Å². The lowest BCUT2D eigenvalue weighted by molar-refractivity contribution is 0.135. The minimum atomic E-state index is 0.0945. The molecule has 0 spiro atoms. The van der Waals surface area contributed by atoms with Gasteiger partial charge in [-0.3, -0.25) is 0 Å². The third-order valence-corrected chi connectivity index (χ3v) is 3.06. The van der Waals surface area contributed by atoms with Crippen molar-refractivity contribution in [2.24, 2.45) is 0 Å². The standard InChI is InChI=1S/C15H24ClNO2/c1-11(2)17-10-13-5-6-15(14(16)9-13)19-12(3)7-8-18-4/h5-6,9,11-12,17H,7-8,10H2,1-4H3. The highest BCUT2D eigenvalue weighted by molar-refractivity contribution is 6.32. The van der Waals surface area contributed by atoms with Crippen LogP contribution in [0.25, 0.3) is 0 Å². The van der Waals surface area contributed by atoms with Gasteiger partial charge in [0.2, 0.25) is 0 Å². The second-order valence-electron chi connectivity index (χ2n) is 5.01. The van der Waals surface area contributed by atoms with Crippen LogP contribution in [0.2, 0.25) is 5.02 Å². The van der Waals surface area contributed by atoms with E-state index in [4.69, 9.17) is 21.1 Å².